The first-order chi connectivity index (χ1) is 9.27. The molecule has 0 radical (unpaired) electrons. The highest BCUT2D eigenvalue weighted by molar-refractivity contribution is 5.85. The van der Waals surface area contributed by atoms with Crippen LogP contribution in [0.3, 0.4) is 0 Å². The zero-order chi connectivity index (χ0) is 15.7. The van der Waals surface area contributed by atoms with E-state index in [1.165, 1.54) is 7.11 Å². The van der Waals surface area contributed by atoms with Gasteiger partial charge in [-0.1, -0.05) is 27.7 Å². The number of ether oxygens (including phenoxy) is 1. The molecule has 0 saturated heterocycles. The molecule has 118 valence electrons. The molecule has 0 aromatic carbocycles. The number of hydrogen-bond donors (Lipinski definition) is 3. The molecule has 0 aromatic rings. The van der Waals surface area contributed by atoms with Crippen molar-refractivity contribution in [1.82, 2.24) is 10.6 Å². The van der Waals surface area contributed by atoms with E-state index in [2.05, 4.69) is 15.4 Å². The fraction of sp³-hybridized carbons (Fsp3) is 0.857. The van der Waals surface area contributed by atoms with Crippen LogP contribution in [0.15, 0.2) is 0 Å². The summed E-state index contributed by atoms with van der Waals surface area (Å²) in [6.07, 6.45) is -0.0237. The first kappa shape index (κ1) is 18.7. The van der Waals surface area contributed by atoms with Gasteiger partial charge in [0, 0.05) is 6.54 Å². The third kappa shape index (κ3) is 7.99. The van der Waals surface area contributed by atoms with E-state index in [0.717, 1.165) is 0 Å². The monoisotopic (exact) mass is 288 g/mol. The van der Waals surface area contributed by atoms with Crippen molar-refractivity contribution in [3.05, 3.63) is 0 Å². The summed E-state index contributed by atoms with van der Waals surface area (Å²) in [5.41, 5.74) is 0. The van der Waals surface area contributed by atoms with E-state index >= 15 is 0 Å². The second-order valence-corrected chi connectivity index (χ2v) is 5.71. The minimum absolute atomic E-state index is 0.159. The van der Waals surface area contributed by atoms with Gasteiger partial charge in [-0.15, -0.1) is 0 Å². The Morgan fingerprint density at radius 2 is 1.80 bits per heavy atom. The summed E-state index contributed by atoms with van der Waals surface area (Å²) in [4.78, 5) is 23.2. The zero-order valence-electron chi connectivity index (χ0n) is 13.1. The topological polar surface area (TPSA) is 87.7 Å². The highest BCUT2D eigenvalue weighted by atomic mass is 16.5. The molecule has 3 N–H and O–H groups in total. The summed E-state index contributed by atoms with van der Waals surface area (Å²) in [5.74, 6) is 0.177. The van der Waals surface area contributed by atoms with E-state index in [1.807, 2.05) is 27.7 Å². The van der Waals surface area contributed by atoms with E-state index in [9.17, 15) is 14.7 Å². The number of aliphatic hydroxyl groups excluding tert-OH is 1. The van der Waals surface area contributed by atoms with Gasteiger partial charge in [-0.25, -0.2) is 4.79 Å². The fourth-order valence-electron chi connectivity index (χ4n) is 1.70. The van der Waals surface area contributed by atoms with Crippen molar-refractivity contribution in [2.24, 2.45) is 11.8 Å². The minimum atomic E-state index is -0.618. The Bertz CT molecular complexity index is 306. The van der Waals surface area contributed by atoms with Gasteiger partial charge in [-0.3, -0.25) is 4.79 Å². The van der Waals surface area contributed by atoms with Crippen LogP contribution >= 0.6 is 0 Å². The molecular formula is C14H28N2O4. The SMILES string of the molecule is COC(=O)N[C@H](CC(C)C)C(=O)NCC[C@H](O)C(C)C. The molecule has 20 heavy (non-hydrogen) atoms. The van der Waals surface area contributed by atoms with Crippen molar-refractivity contribution < 1.29 is 19.4 Å². The summed E-state index contributed by atoms with van der Waals surface area (Å²) < 4.78 is 4.52. The van der Waals surface area contributed by atoms with Crippen molar-refractivity contribution in [3.8, 4) is 0 Å². The molecule has 6 heteroatoms. The highest BCUT2D eigenvalue weighted by Gasteiger charge is 2.22. The normalized spacial score (nSPS) is 14.0. The van der Waals surface area contributed by atoms with Crippen LogP contribution in [0.25, 0.3) is 0 Å². The minimum Gasteiger partial charge on any atom is -0.453 e. The van der Waals surface area contributed by atoms with Crippen molar-refractivity contribution in [3.63, 3.8) is 0 Å². The van der Waals surface area contributed by atoms with Gasteiger partial charge < -0.3 is 20.5 Å². The van der Waals surface area contributed by atoms with Gasteiger partial charge in [-0.2, -0.15) is 0 Å². The van der Waals surface area contributed by atoms with Gasteiger partial charge in [0.1, 0.15) is 6.04 Å². The lowest BCUT2D eigenvalue weighted by atomic mass is 10.0. The summed E-state index contributed by atoms with van der Waals surface area (Å²) in [7, 11) is 1.26. The molecule has 0 aliphatic heterocycles. The van der Waals surface area contributed by atoms with Crippen LogP contribution in [0, 0.1) is 11.8 Å². The Hall–Kier alpha value is -1.30. The number of carbonyl (C=O) groups is 2. The lowest BCUT2D eigenvalue weighted by Crippen LogP contribution is -2.47. The molecule has 0 aromatic heterocycles. The van der Waals surface area contributed by atoms with Crippen LogP contribution in [0.4, 0.5) is 4.79 Å². The molecule has 0 aliphatic carbocycles. The largest absolute Gasteiger partial charge is 0.453 e. The van der Waals surface area contributed by atoms with Crippen molar-refractivity contribution in [1.29, 1.82) is 0 Å². The van der Waals surface area contributed by atoms with Crippen LogP contribution < -0.4 is 10.6 Å². The van der Waals surface area contributed by atoms with E-state index < -0.39 is 18.2 Å². The van der Waals surface area contributed by atoms with Crippen molar-refractivity contribution in [2.45, 2.75) is 52.7 Å². The third-order valence-corrected chi connectivity index (χ3v) is 3.01. The molecule has 0 bridgehead atoms. The predicted octanol–water partition coefficient (Wildman–Crippen LogP) is 1.28. The second kappa shape index (κ2) is 9.58. The van der Waals surface area contributed by atoms with Gasteiger partial charge in [0.05, 0.1) is 13.2 Å². The maximum atomic E-state index is 12.0. The van der Waals surface area contributed by atoms with Gasteiger partial charge >= 0.3 is 6.09 Å². The molecule has 0 spiro atoms. The van der Waals surface area contributed by atoms with E-state index in [1.54, 1.807) is 0 Å². The number of hydrogen-bond acceptors (Lipinski definition) is 4. The smallest absolute Gasteiger partial charge is 0.407 e. The molecule has 2 amide bonds. The number of methoxy groups -OCH3 is 1. The maximum Gasteiger partial charge on any atom is 0.407 e. The van der Waals surface area contributed by atoms with Crippen molar-refractivity contribution >= 4 is 12.0 Å². The standard InChI is InChI=1S/C14H28N2O4/c1-9(2)8-11(16-14(19)20-5)13(18)15-7-6-12(17)10(3)4/h9-12,17H,6-8H2,1-5H3,(H,15,18)(H,16,19)/t11-,12+/m1/s1. The van der Waals surface area contributed by atoms with Crippen LogP contribution in [0.2, 0.25) is 0 Å². The van der Waals surface area contributed by atoms with E-state index in [0.29, 0.717) is 19.4 Å². The summed E-state index contributed by atoms with van der Waals surface area (Å²) in [6.45, 7) is 8.18. The first-order valence-electron chi connectivity index (χ1n) is 7.08. The van der Waals surface area contributed by atoms with Crippen LogP contribution in [-0.2, 0) is 9.53 Å². The Morgan fingerprint density at radius 1 is 1.20 bits per heavy atom. The number of carbonyl (C=O) groups excluding carboxylic acids is 2. The van der Waals surface area contributed by atoms with Gasteiger partial charge in [0.2, 0.25) is 5.91 Å². The third-order valence-electron chi connectivity index (χ3n) is 3.01. The summed E-state index contributed by atoms with van der Waals surface area (Å²) >= 11 is 0. The maximum absolute atomic E-state index is 12.0. The molecule has 6 nitrogen and oxygen atoms in total. The van der Waals surface area contributed by atoms with Gasteiger partial charge in [0.15, 0.2) is 0 Å². The first-order valence-corrected chi connectivity index (χ1v) is 7.08. The Labute approximate surface area is 121 Å². The summed E-state index contributed by atoms with van der Waals surface area (Å²) in [5, 5.41) is 14.9. The number of alkyl carbamates (subject to hydrolysis) is 1. The zero-order valence-corrected chi connectivity index (χ0v) is 13.1. The molecule has 0 unspecified atom stereocenters. The quantitative estimate of drug-likeness (QED) is 0.628. The summed E-state index contributed by atoms with van der Waals surface area (Å²) in [6, 6.07) is -0.612. The number of amides is 2. The molecule has 0 heterocycles. The Kier molecular flexibility index (Phi) is 8.96. The highest BCUT2D eigenvalue weighted by Crippen LogP contribution is 2.07. The molecule has 0 fully saturated rings. The Morgan fingerprint density at radius 3 is 2.25 bits per heavy atom. The molecule has 0 aliphatic rings. The van der Waals surface area contributed by atoms with E-state index in [4.69, 9.17) is 0 Å². The predicted molar refractivity (Wildman–Crippen MR) is 77.3 cm³/mol. The average molecular weight is 288 g/mol. The van der Waals surface area contributed by atoms with Gasteiger partial charge in [-0.05, 0) is 24.7 Å². The van der Waals surface area contributed by atoms with Crippen LogP contribution in [0.1, 0.15) is 40.5 Å². The lowest BCUT2D eigenvalue weighted by Gasteiger charge is -2.20. The van der Waals surface area contributed by atoms with Gasteiger partial charge in [0.25, 0.3) is 0 Å². The second-order valence-electron chi connectivity index (χ2n) is 5.71. The molecule has 0 rings (SSSR count). The fourth-order valence-corrected chi connectivity index (χ4v) is 1.70. The molecule has 0 saturated carbocycles. The number of aliphatic hydroxyl groups is 1. The number of nitrogens with one attached hydrogen (secondary N) is 2. The number of rotatable bonds is 8. The molecular weight excluding hydrogens is 260 g/mol. The Balaban J connectivity index is 4.29. The van der Waals surface area contributed by atoms with Crippen LogP contribution in [-0.4, -0.2) is 42.9 Å². The van der Waals surface area contributed by atoms with Crippen LogP contribution in [0.5, 0.6) is 0 Å². The molecule has 2 atom stereocenters. The van der Waals surface area contributed by atoms with Crippen molar-refractivity contribution in [2.75, 3.05) is 13.7 Å². The lowest BCUT2D eigenvalue weighted by molar-refractivity contribution is -0.123. The van der Waals surface area contributed by atoms with E-state index in [-0.39, 0.29) is 17.7 Å². The average Bonchev–Trinajstić information content (AvgIpc) is 2.36.